The van der Waals surface area contributed by atoms with Gasteiger partial charge in [-0.15, -0.1) is 16.9 Å². The Morgan fingerprint density at radius 2 is 1.85 bits per heavy atom. The third kappa shape index (κ3) is 4.35. The van der Waals surface area contributed by atoms with Gasteiger partial charge in [-0.3, -0.25) is 0 Å². The zero-order valence-corrected chi connectivity index (χ0v) is 14.8. The molecular weight excluding hydrogens is 413 g/mol. The lowest BCUT2D eigenvalue weighted by atomic mass is 10.2. The molecule has 2 heterocycles. The van der Waals surface area contributed by atoms with Gasteiger partial charge in [0.1, 0.15) is 16.7 Å². The highest BCUT2D eigenvalue weighted by atomic mass is 35.5. The minimum atomic E-state index is -4.54. The smallest absolute Gasteiger partial charge is 0.248 e. The van der Waals surface area contributed by atoms with Gasteiger partial charge in [0, 0.05) is 11.9 Å². The quantitative estimate of drug-likeness (QED) is 0.449. The normalized spacial score (nSPS) is 11.8. The first-order chi connectivity index (χ1) is 12.8. The van der Waals surface area contributed by atoms with Gasteiger partial charge in [0.2, 0.25) is 0 Å². The van der Waals surface area contributed by atoms with Crippen LogP contribution in [0.4, 0.5) is 22.0 Å². The molecule has 0 atom stereocenters. The second kappa shape index (κ2) is 7.77. The molecule has 5 nitrogen and oxygen atoms in total. The molecule has 2 aromatic heterocycles. The Hall–Kier alpha value is -2.27. The van der Waals surface area contributed by atoms with Crippen LogP contribution in [-0.2, 0) is 12.7 Å². The monoisotopic (exact) mass is 421 g/mol. The van der Waals surface area contributed by atoms with Crippen LogP contribution in [0.15, 0.2) is 35.5 Å². The molecule has 0 saturated heterocycles. The first-order valence-corrected chi connectivity index (χ1v) is 8.70. The lowest BCUT2D eigenvalue weighted by Gasteiger charge is -2.09. The van der Waals surface area contributed by atoms with Gasteiger partial charge in [0.15, 0.2) is 5.82 Å². The van der Waals surface area contributed by atoms with Crippen molar-refractivity contribution in [3.8, 4) is 11.4 Å². The van der Waals surface area contributed by atoms with E-state index in [0.29, 0.717) is 6.20 Å². The first-order valence-electron chi connectivity index (χ1n) is 7.33. The number of aromatic nitrogens is 5. The minimum Gasteiger partial charge on any atom is -0.248 e. The van der Waals surface area contributed by atoms with E-state index in [1.165, 1.54) is 10.7 Å². The summed E-state index contributed by atoms with van der Waals surface area (Å²) < 4.78 is 66.8. The predicted molar refractivity (Wildman–Crippen MR) is 88.1 cm³/mol. The second-order valence-electron chi connectivity index (χ2n) is 5.18. The second-order valence-corrected chi connectivity index (χ2v) is 6.67. The SMILES string of the molecule is Fc1cccc(F)c1-c1nnnn1CCSc1ncc(C(F)(F)F)cc1Cl. The number of rotatable bonds is 5. The highest BCUT2D eigenvalue weighted by Gasteiger charge is 2.31. The molecule has 142 valence electrons. The van der Waals surface area contributed by atoms with E-state index in [9.17, 15) is 22.0 Å². The molecule has 1 aromatic carbocycles. The van der Waals surface area contributed by atoms with Crippen LogP contribution >= 0.6 is 23.4 Å². The molecule has 0 bridgehead atoms. The fourth-order valence-electron chi connectivity index (χ4n) is 2.16. The highest BCUT2D eigenvalue weighted by Crippen LogP contribution is 2.33. The van der Waals surface area contributed by atoms with E-state index in [1.807, 2.05) is 0 Å². The van der Waals surface area contributed by atoms with Crippen LogP contribution in [0.25, 0.3) is 11.4 Å². The van der Waals surface area contributed by atoms with E-state index in [1.54, 1.807) is 0 Å². The fraction of sp³-hybridized carbons (Fsp3) is 0.200. The van der Waals surface area contributed by atoms with E-state index in [0.717, 1.165) is 30.0 Å². The summed E-state index contributed by atoms with van der Waals surface area (Å²) >= 11 is 6.90. The lowest BCUT2D eigenvalue weighted by molar-refractivity contribution is -0.137. The summed E-state index contributed by atoms with van der Waals surface area (Å²) in [6, 6.07) is 4.17. The standard InChI is InChI=1S/C15H9ClF5N5S/c16-9-6-8(15(19,20)21)7-22-14(9)27-5-4-26-13(23-24-25-26)12-10(17)2-1-3-11(12)18/h1-3,6-7H,4-5H2. The van der Waals surface area contributed by atoms with Crippen LogP contribution in [0, 0.1) is 11.6 Å². The van der Waals surface area contributed by atoms with Crippen molar-refractivity contribution < 1.29 is 22.0 Å². The molecule has 12 heteroatoms. The maximum Gasteiger partial charge on any atom is 0.417 e. The third-order valence-corrected chi connectivity index (χ3v) is 4.78. The number of hydrogen-bond donors (Lipinski definition) is 0. The van der Waals surface area contributed by atoms with Crippen LogP contribution in [-0.4, -0.2) is 30.9 Å². The van der Waals surface area contributed by atoms with E-state index < -0.39 is 23.4 Å². The summed E-state index contributed by atoms with van der Waals surface area (Å²) in [7, 11) is 0. The van der Waals surface area contributed by atoms with Crippen molar-refractivity contribution in [2.24, 2.45) is 0 Å². The summed E-state index contributed by atoms with van der Waals surface area (Å²) in [5.74, 6) is -1.47. The summed E-state index contributed by atoms with van der Waals surface area (Å²) in [5.41, 5.74) is -1.31. The van der Waals surface area contributed by atoms with Gasteiger partial charge in [-0.2, -0.15) is 13.2 Å². The van der Waals surface area contributed by atoms with E-state index in [4.69, 9.17) is 11.6 Å². The highest BCUT2D eigenvalue weighted by molar-refractivity contribution is 7.99. The third-order valence-electron chi connectivity index (χ3n) is 3.39. The van der Waals surface area contributed by atoms with Crippen LogP contribution in [0.5, 0.6) is 0 Å². The predicted octanol–water partition coefficient (Wildman–Crippen LogP) is 4.48. The molecule has 0 aliphatic rings. The molecule has 0 radical (unpaired) electrons. The van der Waals surface area contributed by atoms with E-state index in [-0.39, 0.29) is 33.7 Å². The lowest BCUT2D eigenvalue weighted by Crippen LogP contribution is -2.08. The van der Waals surface area contributed by atoms with Crippen molar-refractivity contribution in [1.29, 1.82) is 0 Å². The van der Waals surface area contributed by atoms with Crippen molar-refractivity contribution in [3.63, 3.8) is 0 Å². The Morgan fingerprint density at radius 3 is 2.48 bits per heavy atom. The fourth-order valence-corrected chi connectivity index (χ4v) is 3.27. The van der Waals surface area contributed by atoms with Crippen LogP contribution < -0.4 is 0 Å². The number of halogens is 6. The van der Waals surface area contributed by atoms with Gasteiger partial charge >= 0.3 is 6.18 Å². The topological polar surface area (TPSA) is 56.5 Å². The van der Waals surface area contributed by atoms with Crippen LogP contribution in [0.1, 0.15) is 5.56 Å². The Bertz CT molecular complexity index is 942. The van der Waals surface area contributed by atoms with Crippen LogP contribution in [0.2, 0.25) is 5.02 Å². The number of tetrazole rings is 1. The number of thioether (sulfide) groups is 1. The number of aryl methyl sites for hydroxylation is 1. The number of nitrogens with zero attached hydrogens (tertiary/aromatic N) is 5. The van der Waals surface area contributed by atoms with Gasteiger partial charge in [0.25, 0.3) is 0 Å². The van der Waals surface area contributed by atoms with Crippen molar-refractivity contribution in [2.75, 3.05) is 5.75 Å². The average molecular weight is 422 g/mol. The summed E-state index contributed by atoms with van der Waals surface area (Å²) in [6.45, 7) is 0.125. The van der Waals surface area contributed by atoms with Gasteiger partial charge in [-0.05, 0) is 28.6 Å². The van der Waals surface area contributed by atoms with Gasteiger partial charge in [-0.25, -0.2) is 18.4 Å². The van der Waals surface area contributed by atoms with Crippen molar-refractivity contribution in [1.82, 2.24) is 25.2 Å². The number of hydrogen-bond acceptors (Lipinski definition) is 5. The van der Waals surface area contributed by atoms with Crippen molar-refractivity contribution in [2.45, 2.75) is 17.7 Å². The van der Waals surface area contributed by atoms with E-state index >= 15 is 0 Å². The number of benzene rings is 1. The molecule has 3 rings (SSSR count). The molecule has 0 N–H and O–H groups in total. The molecule has 0 saturated carbocycles. The number of alkyl halides is 3. The summed E-state index contributed by atoms with van der Waals surface area (Å²) in [4.78, 5) is 3.70. The molecule has 0 aliphatic carbocycles. The molecule has 0 spiro atoms. The molecule has 27 heavy (non-hydrogen) atoms. The summed E-state index contributed by atoms with van der Waals surface area (Å²) in [6.07, 6.45) is -3.85. The van der Waals surface area contributed by atoms with Gasteiger partial charge in [0.05, 0.1) is 22.7 Å². The molecule has 0 aliphatic heterocycles. The maximum absolute atomic E-state index is 13.9. The molecule has 0 amide bonds. The summed E-state index contributed by atoms with van der Waals surface area (Å²) in [5, 5.41) is 10.8. The number of pyridine rings is 1. The van der Waals surface area contributed by atoms with Gasteiger partial charge in [-0.1, -0.05) is 17.7 Å². The largest absolute Gasteiger partial charge is 0.417 e. The minimum absolute atomic E-state index is 0.0994. The molecule has 3 aromatic rings. The Morgan fingerprint density at radius 1 is 1.15 bits per heavy atom. The molecule has 0 fully saturated rings. The van der Waals surface area contributed by atoms with Crippen molar-refractivity contribution in [3.05, 3.63) is 52.7 Å². The van der Waals surface area contributed by atoms with Crippen LogP contribution in [0.3, 0.4) is 0 Å². The average Bonchev–Trinajstić information content (AvgIpc) is 3.03. The zero-order chi connectivity index (χ0) is 19.6. The molecular formula is C15H9ClF5N5S. The van der Waals surface area contributed by atoms with Gasteiger partial charge < -0.3 is 0 Å². The van der Waals surface area contributed by atoms with Crippen molar-refractivity contribution >= 4 is 23.4 Å². The van der Waals surface area contributed by atoms with E-state index in [2.05, 4.69) is 20.5 Å². The Labute approximate surface area is 158 Å². The zero-order valence-electron chi connectivity index (χ0n) is 13.2. The maximum atomic E-state index is 13.9. The Kier molecular flexibility index (Phi) is 5.61. The Balaban J connectivity index is 1.72. The molecule has 0 unspecified atom stereocenters. The first kappa shape index (κ1) is 19.5.